The van der Waals surface area contributed by atoms with Crippen molar-refractivity contribution in [1.29, 1.82) is 0 Å². The maximum atomic E-state index is 12.4. The summed E-state index contributed by atoms with van der Waals surface area (Å²) in [6.07, 6.45) is 1.95. The van der Waals surface area contributed by atoms with Crippen molar-refractivity contribution < 1.29 is 23.5 Å². The molecule has 0 saturated carbocycles. The molecule has 2 heterocycles. The molecule has 28 heavy (non-hydrogen) atoms. The van der Waals surface area contributed by atoms with Crippen LogP contribution in [-0.4, -0.2) is 36.0 Å². The molecule has 0 aliphatic heterocycles. The first-order valence-corrected chi connectivity index (χ1v) is 8.70. The van der Waals surface area contributed by atoms with Crippen LogP contribution < -0.4 is 10.6 Å². The van der Waals surface area contributed by atoms with Crippen molar-refractivity contribution in [3.05, 3.63) is 53.5 Å². The predicted octanol–water partition coefficient (Wildman–Crippen LogP) is 2.62. The normalized spacial score (nSPS) is 10.7. The van der Waals surface area contributed by atoms with Crippen LogP contribution in [0.25, 0.3) is 11.0 Å². The molecule has 0 fully saturated rings. The molecule has 3 aromatic rings. The van der Waals surface area contributed by atoms with Crippen LogP contribution in [0.1, 0.15) is 33.0 Å². The van der Waals surface area contributed by atoms with E-state index in [0.29, 0.717) is 22.4 Å². The first-order valence-electron chi connectivity index (χ1n) is 8.70. The lowest BCUT2D eigenvalue weighted by atomic mass is 10.2. The van der Waals surface area contributed by atoms with Crippen LogP contribution in [-0.2, 0) is 16.6 Å². The first kappa shape index (κ1) is 19.2. The van der Waals surface area contributed by atoms with Gasteiger partial charge in [0, 0.05) is 30.9 Å². The number of furan rings is 1. The second kappa shape index (κ2) is 7.99. The van der Waals surface area contributed by atoms with E-state index in [1.165, 1.54) is 7.11 Å². The Morgan fingerprint density at radius 1 is 1.14 bits per heavy atom. The Hall–Kier alpha value is -3.55. The molecule has 0 bridgehead atoms. The Bertz CT molecular complexity index is 1050. The molecule has 2 aromatic heterocycles. The highest BCUT2D eigenvalue weighted by atomic mass is 16.5. The Kier molecular flexibility index (Phi) is 5.49. The van der Waals surface area contributed by atoms with E-state index in [9.17, 15) is 14.4 Å². The smallest absolute Gasteiger partial charge is 0.307 e. The second-order valence-corrected chi connectivity index (χ2v) is 6.41. The maximum absolute atomic E-state index is 12.4. The lowest BCUT2D eigenvalue weighted by molar-refractivity contribution is -0.140. The number of nitrogens with one attached hydrogen (secondary N) is 2. The van der Waals surface area contributed by atoms with Gasteiger partial charge < -0.3 is 24.4 Å². The van der Waals surface area contributed by atoms with Crippen molar-refractivity contribution in [2.45, 2.75) is 13.3 Å². The summed E-state index contributed by atoms with van der Waals surface area (Å²) in [4.78, 5) is 35.7. The average molecular weight is 383 g/mol. The number of ether oxygens (including phenoxy) is 1. The van der Waals surface area contributed by atoms with Gasteiger partial charge in [-0.2, -0.15) is 0 Å². The number of benzene rings is 1. The van der Waals surface area contributed by atoms with E-state index in [4.69, 9.17) is 4.42 Å². The number of amides is 2. The van der Waals surface area contributed by atoms with Gasteiger partial charge in [0.1, 0.15) is 11.3 Å². The van der Waals surface area contributed by atoms with E-state index in [0.717, 1.165) is 5.56 Å². The Morgan fingerprint density at radius 3 is 2.61 bits per heavy atom. The molecule has 0 saturated heterocycles. The summed E-state index contributed by atoms with van der Waals surface area (Å²) in [5, 5.41) is 6.12. The number of methoxy groups -OCH3 is 1. The minimum Gasteiger partial charge on any atom is -0.469 e. The molecule has 2 amide bonds. The number of esters is 1. The van der Waals surface area contributed by atoms with E-state index in [1.807, 2.05) is 26.2 Å². The molecule has 1 aromatic carbocycles. The summed E-state index contributed by atoms with van der Waals surface area (Å²) in [5.74, 6) is -0.927. The van der Waals surface area contributed by atoms with Gasteiger partial charge in [-0.1, -0.05) is 0 Å². The average Bonchev–Trinajstić information content (AvgIpc) is 3.23. The number of aryl methyl sites for hydroxylation is 2. The zero-order valence-electron chi connectivity index (χ0n) is 15.9. The van der Waals surface area contributed by atoms with Gasteiger partial charge in [0.05, 0.1) is 13.5 Å². The molecule has 2 N–H and O–H groups in total. The molecular formula is C20H21N3O5. The lowest BCUT2D eigenvalue weighted by Crippen LogP contribution is -2.25. The van der Waals surface area contributed by atoms with Crippen molar-refractivity contribution in [3.8, 4) is 0 Å². The summed E-state index contributed by atoms with van der Waals surface area (Å²) < 4.78 is 11.8. The molecule has 0 atom stereocenters. The number of carbonyl (C=O) groups excluding carboxylic acids is 3. The van der Waals surface area contributed by atoms with Crippen LogP contribution in [0.3, 0.4) is 0 Å². The SMILES string of the molecule is COC(=O)CCNC(=O)c1cc2cc(NC(=O)c3cc(C)cn3C)ccc2o1. The number of aromatic nitrogens is 1. The van der Waals surface area contributed by atoms with Gasteiger partial charge in [0.15, 0.2) is 5.76 Å². The molecular weight excluding hydrogens is 362 g/mol. The molecule has 0 aliphatic rings. The van der Waals surface area contributed by atoms with Crippen molar-refractivity contribution in [1.82, 2.24) is 9.88 Å². The zero-order chi connectivity index (χ0) is 20.3. The Morgan fingerprint density at radius 2 is 1.93 bits per heavy atom. The molecule has 0 unspecified atom stereocenters. The summed E-state index contributed by atoms with van der Waals surface area (Å²) >= 11 is 0. The van der Waals surface area contributed by atoms with E-state index in [1.54, 1.807) is 28.8 Å². The third-order valence-corrected chi connectivity index (χ3v) is 4.21. The number of hydrogen-bond donors (Lipinski definition) is 2. The van der Waals surface area contributed by atoms with Crippen LogP contribution in [0, 0.1) is 6.92 Å². The van der Waals surface area contributed by atoms with Crippen LogP contribution in [0.15, 0.2) is 40.9 Å². The van der Waals surface area contributed by atoms with Crippen LogP contribution in [0.4, 0.5) is 5.69 Å². The minimum atomic E-state index is -0.426. The van der Waals surface area contributed by atoms with Crippen LogP contribution in [0.2, 0.25) is 0 Å². The Labute approximate surface area is 161 Å². The van der Waals surface area contributed by atoms with Gasteiger partial charge in [0.2, 0.25) is 0 Å². The summed E-state index contributed by atoms with van der Waals surface area (Å²) in [6, 6.07) is 8.52. The molecule has 0 aliphatic carbocycles. The van der Waals surface area contributed by atoms with Gasteiger partial charge in [0.25, 0.3) is 11.8 Å². The van der Waals surface area contributed by atoms with E-state index >= 15 is 0 Å². The molecule has 0 spiro atoms. The van der Waals surface area contributed by atoms with Gasteiger partial charge in [-0.3, -0.25) is 14.4 Å². The number of fused-ring (bicyclic) bond motifs is 1. The lowest BCUT2D eigenvalue weighted by Gasteiger charge is -2.06. The third-order valence-electron chi connectivity index (χ3n) is 4.21. The van der Waals surface area contributed by atoms with Gasteiger partial charge in [-0.05, 0) is 42.8 Å². The molecule has 8 nitrogen and oxygen atoms in total. The van der Waals surface area contributed by atoms with E-state index < -0.39 is 11.9 Å². The van der Waals surface area contributed by atoms with Crippen LogP contribution >= 0.6 is 0 Å². The highest BCUT2D eigenvalue weighted by Crippen LogP contribution is 2.23. The van der Waals surface area contributed by atoms with Gasteiger partial charge in [-0.25, -0.2) is 0 Å². The summed E-state index contributed by atoms with van der Waals surface area (Å²) in [7, 11) is 3.10. The largest absolute Gasteiger partial charge is 0.469 e. The van der Waals surface area contributed by atoms with E-state index in [-0.39, 0.29) is 24.6 Å². The highest BCUT2D eigenvalue weighted by Gasteiger charge is 2.15. The number of carbonyl (C=O) groups is 3. The van der Waals surface area contributed by atoms with Crippen molar-refractivity contribution in [2.24, 2.45) is 7.05 Å². The van der Waals surface area contributed by atoms with Gasteiger partial charge >= 0.3 is 5.97 Å². The highest BCUT2D eigenvalue weighted by molar-refractivity contribution is 6.04. The molecule has 146 valence electrons. The second-order valence-electron chi connectivity index (χ2n) is 6.41. The fourth-order valence-electron chi connectivity index (χ4n) is 2.85. The number of rotatable bonds is 6. The monoisotopic (exact) mass is 383 g/mol. The van der Waals surface area contributed by atoms with Gasteiger partial charge in [-0.15, -0.1) is 0 Å². The Balaban J connectivity index is 1.70. The summed E-state index contributed by atoms with van der Waals surface area (Å²) in [6.45, 7) is 2.08. The predicted molar refractivity (Wildman–Crippen MR) is 103 cm³/mol. The maximum Gasteiger partial charge on any atom is 0.307 e. The van der Waals surface area contributed by atoms with Crippen molar-refractivity contribution >= 4 is 34.4 Å². The van der Waals surface area contributed by atoms with Crippen LogP contribution in [0.5, 0.6) is 0 Å². The number of nitrogens with zero attached hydrogens (tertiary/aromatic N) is 1. The fourth-order valence-corrected chi connectivity index (χ4v) is 2.85. The summed E-state index contributed by atoms with van der Waals surface area (Å²) in [5.41, 5.74) is 2.66. The molecule has 3 rings (SSSR count). The number of anilines is 1. The first-order chi connectivity index (χ1) is 13.4. The standard InChI is InChI=1S/C20H21N3O5/c1-12-8-15(23(2)11-12)19(25)22-14-4-5-16-13(9-14)10-17(28-16)20(26)21-7-6-18(24)27-3/h4-5,8-11H,6-7H2,1-3H3,(H,21,26)(H,22,25). The fraction of sp³-hybridized carbons (Fsp3) is 0.250. The molecule has 0 radical (unpaired) electrons. The quantitative estimate of drug-likeness (QED) is 0.637. The number of hydrogen-bond acceptors (Lipinski definition) is 5. The van der Waals surface area contributed by atoms with E-state index in [2.05, 4.69) is 15.4 Å². The molecule has 8 heteroatoms. The zero-order valence-corrected chi connectivity index (χ0v) is 15.9. The van der Waals surface area contributed by atoms with Crippen molar-refractivity contribution in [2.75, 3.05) is 19.0 Å². The minimum absolute atomic E-state index is 0.0806. The topological polar surface area (TPSA) is 103 Å². The third kappa shape index (κ3) is 4.22. The van der Waals surface area contributed by atoms with Crippen molar-refractivity contribution in [3.63, 3.8) is 0 Å².